The van der Waals surface area contributed by atoms with E-state index in [1.54, 1.807) is 48.5 Å². The van der Waals surface area contributed by atoms with Gasteiger partial charge in [0.05, 0.1) is 5.02 Å². The average Bonchev–Trinajstić information content (AvgIpc) is 2.80. The molecule has 32 heavy (non-hydrogen) atoms. The lowest BCUT2D eigenvalue weighted by atomic mass is 10.1. The summed E-state index contributed by atoms with van der Waals surface area (Å²) in [7, 11) is 0. The second kappa shape index (κ2) is 10.7. The smallest absolute Gasteiger partial charge is 0.279 e. The van der Waals surface area contributed by atoms with E-state index in [4.69, 9.17) is 27.9 Å². The highest BCUT2D eigenvalue weighted by molar-refractivity contribution is 6.35. The minimum Gasteiger partial charge on any atom is -0.479 e. The summed E-state index contributed by atoms with van der Waals surface area (Å²) in [6.07, 6.45) is -0.926. The Hall–Kier alpha value is -3.55. The summed E-state index contributed by atoms with van der Waals surface area (Å²) in [6, 6.07) is 19.6. The number of benzene rings is 3. The van der Waals surface area contributed by atoms with Crippen LogP contribution in [0.1, 0.15) is 27.6 Å². The first-order chi connectivity index (χ1) is 15.3. The Balaban J connectivity index is 1.50. The van der Waals surface area contributed by atoms with Crippen molar-refractivity contribution in [2.75, 3.05) is 5.32 Å². The second-order valence-electron chi connectivity index (χ2n) is 6.68. The van der Waals surface area contributed by atoms with Gasteiger partial charge in [0.1, 0.15) is 5.75 Å². The third kappa shape index (κ3) is 6.23. The van der Waals surface area contributed by atoms with Crippen molar-refractivity contribution in [2.45, 2.75) is 13.0 Å². The van der Waals surface area contributed by atoms with Crippen molar-refractivity contribution in [1.82, 2.24) is 10.9 Å². The molecule has 3 rings (SSSR count). The molecule has 164 valence electrons. The number of hydrogen-bond acceptors (Lipinski definition) is 4. The third-order valence-corrected chi connectivity index (χ3v) is 4.84. The first-order valence-electron chi connectivity index (χ1n) is 9.52. The predicted molar refractivity (Wildman–Crippen MR) is 123 cm³/mol. The Bertz CT molecular complexity index is 1120. The van der Waals surface area contributed by atoms with Gasteiger partial charge in [-0.1, -0.05) is 41.4 Å². The van der Waals surface area contributed by atoms with Crippen LogP contribution in [-0.4, -0.2) is 23.8 Å². The maximum Gasteiger partial charge on any atom is 0.279 e. The summed E-state index contributed by atoms with van der Waals surface area (Å²) in [5.74, 6) is -1.07. The molecule has 3 aromatic rings. The molecule has 0 fully saturated rings. The third-order valence-electron chi connectivity index (χ3n) is 4.31. The zero-order chi connectivity index (χ0) is 23.1. The molecule has 3 aromatic carbocycles. The zero-order valence-corrected chi connectivity index (χ0v) is 18.4. The molecule has 0 heterocycles. The molecule has 0 aromatic heterocycles. The van der Waals surface area contributed by atoms with Gasteiger partial charge in [-0.05, 0) is 61.5 Å². The van der Waals surface area contributed by atoms with Crippen molar-refractivity contribution >= 4 is 46.6 Å². The van der Waals surface area contributed by atoms with E-state index in [0.717, 1.165) is 0 Å². The minimum atomic E-state index is -0.926. The van der Waals surface area contributed by atoms with E-state index in [-0.39, 0.29) is 22.2 Å². The van der Waals surface area contributed by atoms with Crippen molar-refractivity contribution in [3.63, 3.8) is 0 Å². The number of nitrogens with one attached hydrogen (secondary N) is 3. The molecule has 0 bridgehead atoms. The molecule has 3 N–H and O–H groups in total. The largest absolute Gasteiger partial charge is 0.479 e. The van der Waals surface area contributed by atoms with Gasteiger partial charge >= 0.3 is 0 Å². The molecule has 0 saturated carbocycles. The first kappa shape index (κ1) is 23.1. The fourth-order valence-corrected chi connectivity index (χ4v) is 3.06. The Labute approximate surface area is 194 Å². The van der Waals surface area contributed by atoms with E-state index >= 15 is 0 Å². The second-order valence-corrected chi connectivity index (χ2v) is 7.52. The van der Waals surface area contributed by atoms with Gasteiger partial charge in [0.2, 0.25) is 0 Å². The van der Waals surface area contributed by atoms with Crippen LogP contribution >= 0.6 is 23.2 Å². The Morgan fingerprint density at radius 1 is 0.812 bits per heavy atom. The Kier molecular flexibility index (Phi) is 7.70. The monoisotopic (exact) mass is 471 g/mol. The minimum absolute atomic E-state index is 0.259. The van der Waals surface area contributed by atoms with E-state index in [0.29, 0.717) is 16.3 Å². The predicted octanol–water partition coefficient (Wildman–Crippen LogP) is 4.47. The number of halogens is 2. The number of carbonyl (C=O) groups excluding carboxylic acids is 3. The summed E-state index contributed by atoms with van der Waals surface area (Å²) >= 11 is 11.9. The molecular formula is C23H19Cl2N3O4. The van der Waals surface area contributed by atoms with Gasteiger partial charge < -0.3 is 10.1 Å². The quantitative estimate of drug-likeness (QED) is 0.461. The Morgan fingerprint density at radius 2 is 1.47 bits per heavy atom. The molecule has 0 saturated heterocycles. The maximum atomic E-state index is 12.3. The first-order valence-corrected chi connectivity index (χ1v) is 10.3. The average molecular weight is 472 g/mol. The topological polar surface area (TPSA) is 96.5 Å². The normalized spacial score (nSPS) is 11.2. The van der Waals surface area contributed by atoms with Crippen molar-refractivity contribution in [1.29, 1.82) is 0 Å². The molecule has 7 nitrogen and oxygen atoms in total. The number of amides is 3. The molecule has 9 heteroatoms. The SMILES string of the molecule is C[C@@H](Oc1ccc(Cl)cc1Cl)C(=O)NNC(=O)c1ccc(NC(=O)c2ccccc2)cc1. The molecule has 3 amide bonds. The van der Waals surface area contributed by atoms with Crippen molar-refractivity contribution in [2.24, 2.45) is 0 Å². The molecular weight excluding hydrogens is 453 g/mol. The summed E-state index contributed by atoms with van der Waals surface area (Å²) in [6.45, 7) is 1.51. The van der Waals surface area contributed by atoms with Crippen LogP contribution in [0.4, 0.5) is 5.69 Å². The summed E-state index contributed by atoms with van der Waals surface area (Å²) in [4.78, 5) is 36.7. The maximum absolute atomic E-state index is 12.3. The molecule has 0 unspecified atom stereocenters. The van der Waals surface area contributed by atoms with E-state index in [1.165, 1.54) is 25.1 Å². The highest BCUT2D eigenvalue weighted by atomic mass is 35.5. The molecule has 0 radical (unpaired) electrons. The van der Waals surface area contributed by atoms with E-state index < -0.39 is 17.9 Å². The van der Waals surface area contributed by atoms with Gasteiger partial charge in [-0.2, -0.15) is 0 Å². The fraction of sp³-hybridized carbons (Fsp3) is 0.0870. The lowest BCUT2D eigenvalue weighted by Gasteiger charge is -2.16. The lowest BCUT2D eigenvalue weighted by Crippen LogP contribution is -2.47. The number of hydrogen-bond donors (Lipinski definition) is 3. The van der Waals surface area contributed by atoms with Crippen LogP contribution in [-0.2, 0) is 4.79 Å². The van der Waals surface area contributed by atoms with Crippen LogP contribution in [0.2, 0.25) is 10.0 Å². The van der Waals surface area contributed by atoms with Gasteiger partial charge in [0.15, 0.2) is 6.10 Å². The van der Waals surface area contributed by atoms with Crippen LogP contribution in [0.15, 0.2) is 72.8 Å². The van der Waals surface area contributed by atoms with Crippen molar-refractivity contribution in [3.05, 3.63) is 94.0 Å². The number of carbonyl (C=O) groups is 3. The highest BCUT2D eigenvalue weighted by Gasteiger charge is 2.17. The number of ether oxygens (including phenoxy) is 1. The standard InChI is InChI=1S/C23H19Cl2N3O4/c1-14(32-20-12-9-17(24)13-19(20)25)21(29)27-28-23(31)16-7-10-18(11-8-16)26-22(30)15-5-3-2-4-6-15/h2-14H,1H3,(H,26,30)(H,27,29)(H,28,31)/t14-/m1/s1. The van der Waals surface area contributed by atoms with Gasteiger partial charge in [0, 0.05) is 21.8 Å². The summed E-state index contributed by atoms with van der Waals surface area (Å²) in [5, 5.41) is 3.45. The number of rotatable bonds is 6. The molecule has 0 aliphatic carbocycles. The fourth-order valence-electron chi connectivity index (χ4n) is 2.60. The van der Waals surface area contributed by atoms with Gasteiger partial charge in [-0.15, -0.1) is 0 Å². The van der Waals surface area contributed by atoms with Gasteiger partial charge in [0.25, 0.3) is 17.7 Å². The number of hydrazine groups is 1. The molecule has 0 spiro atoms. The van der Waals surface area contributed by atoms with Crippen LogP contribution < -0.4 is 20.9 Å². The van der Waals surface area contributed by atoms with E-state index in [1.807, 2.05) is 6.07 Å². The van der Waals surface area contributed by atoms with Gasteiger partial charge in [-0.25, -0.2) is 0 Å². The molecule has 1 atom stereocenters. The molecule has 0 aliphatic rings. The van der Waals surface area contributed by atoms with Gasteiger partial charge in [-0.3, -0.25) is 25.2 Å². The van der Waals surface area contributed by atoms with Crippen LogP contribution in [0.3, 0.4) is 0 Å². The van der Waals surface area contributed by atoms with Crippen LogP contribution in [0, 0.1) is 0 Å². The zero-order valence-electron chi connectivity index (χ0n) is 16.9. The summed E-state index contributed by atoms with van der Waals surface area (Å²) < 4.78 is 5.49. The van der Waals surface area contributed by atoms with E-state index in [9.17, 15) is 14.4 Å². The number of anilines is 1. The van der Waals surface area contributed by atoms with Crippen molar-refractivity contribution in [3.8, 4) is 5.75 Å². The lowest BCUT2D eigenvalue weighted by molar-refractivity contribution is -0.128. The van der Waals surface area contributed by atoms with E-state index in [2.05, 4.69) is 16.2 Å². The van der Waals surface area contributed by atoms with Crippen LogP contribution in [0.25, 0.3) is 0 Å². The summed E-state index contributed by atoms with van der Waals surface area (Å²) in [5.41, 5.74) is 5.95. The molecule has 0 aliphatic heterocycles. The van der Waals surface area contributed by atoms with Crippen LogP contribution in [0.5, 0.6) is 5.75 Å². The van der Waals surface area contributed by atoms with Crippen molar-refractivity contribution < 1.29 is 19.1 Å². The highest BCUT2D eigenvalue weighted by Crippen LogP contribution is 2.28. The Morgan fingerprint density at radius 3 is 2.12 bits per heavy atom.